The molecule has 4 heteroatoms. The zero-order chi connectivity index (χ0) is 10.4. The third-order valence-electron chi connectivity index (χ3n) is 2.84. The Morgan fingerprint density at radius 1 is 1.43 bits per heavy atom. The van der Waals surface area contributed by atoms with Gasteiger partial charge in [0, 0.05) is 20.2 Å². The molecule has 0 aliphatic heterocycles. The van der Waals surface area contributed by atoms with E-state index in [1.165, 1.54) is 6.42 Å². The van der Waals surface area contributed by atoms with Crippen LogP contribution in [0.5, 0.6) is 0 Å². The lowest BCUT2D eigenvalue weighted by Gasteiger charge is -2.30. The Morgan fingerprint density at radius 3 is 2.79 bits per heavy atom. The third kappa shape index (κ3) is 2.96. The van der Waals surface area contributed by atoms with E-state index in [9.17, 15) is 4.79 Å². The van der Waals surface area contributed by atoms with Crippen LogP contribution in [0.3, 0.4) is 0 Å². The molecule has 1 rings (SSSR count). The van der Waals surface area contributed by atoms with E-state index in [0.29, 0.717) is 6.73 Å². The Balaban J connectivity index is 2.45. The van der Waals surface area contributed by atoms with Crippen LogP contribution in [0.15, 0.2) is 0 Å². The molecule has 0 unspecified atom stereocenters. The van der Waals surface area contributed by atoms with Gasteiger partial charge < -0.3 is 10.1 Å². The van der Waals surface area contributed by atoms with E-state index in [4.69, 9.17) is 4.74 Å². The van der Waals surface area contributed by atoms with Crippen molar-refractivity contribution in [2.75, 3.05) is 20.9 Å². The van der Waals surface area contributed by atoms with Gasteiger partial charge in [-0.3, -0.25) is 10.1 Å². The largest absolute Gasteiger partial charge is 0.370 e. The first-order chi connectivity index (χ1) is 6.79. The highest BCUT2D eigenvalue weighted by molar-refractivity contribution is 5.79. The van der Waals surface area contributed by atoms with E-state index in [1.54, 1.807) is 14.2 Å². The van der Waals surface area contributed by atoms with Crippen molar-refractivity contribution in [3.63, 3.8) is 0 Å². The van der Waals surface area contributed by atoms with Gasteiger partial charge in [0.05, 0.1) is 12.6 Å². The number of hydrogen-bond acceptors (Lipinski definition) is 3. The molecule has 0 aromatic heterocycles. The van der Waals surface area contributed by atoms with Gasteiger partial charge in [0.1, 0.15) is 0 Å². The maximum absolute atomic E-state index is 11.5. The predicted octanol–water partition coefficient (Wildman–Crippen LogP) is 0.485. The van der Waals surface area contributed by atoms with Crippen molar-refractivity contribution >= 4 is 5.91 Å². The summed E-state index contributed by atoms with van der Waals surface area (Å²) in [6.45, 7) is 0.526. The van der Waals surface area contributed by atoms with Crippen LogP contribution >= 0.6 is 0 Å². The monoisotopic (exact) mass is 200 g/mol. The van der Waals surface area contributed by atoms with Crippen molar-refractivity contribution in [1.82, 2.24) is 10.6 Å². The second-order valence-corrected chi connectivity index (χ2v) is 3.75. The Kier molecular flexibility index (Phi) is 4.90. The van der Waals surface area contributed by atoms with Gasteiger partial charge in [0.15, 0.2) is 0 Å². The topological polar surface area (TPSA) is 50.4 Å². The molecule has 1 aliphatic rings. The molecule has 1 saturated carbocycles. The van der Waals surface area contributed by atoms with Gasteiger partial charge in [-0.25, -0.2) is 0 Å². The van der Waals surface area contributed by atoms with Crippen LogP contribution in [-0.4, -0.2) is 32.8 Å². The number of carbonyl (C=O) groups excluding carboxylic acids is 1. The average molecular weight is 200 g/mol. The summed E-state index contributed by atoms with van der Waals surface area (Å²) in [6, 6.07) is 0.281. The summed E-state index contributed by atoms with van der Waals surface area (Å²) < 4.78 is 4.96. The molecule has 14 heavy (non-hydrogen) atoms. The summed E-state index contributed by atoms with van der Waals surface area (Å²) >= 11 is 0. The minimum Gasteiger partial charge on any atom is -0.370 e. The van der Waals surface area contributed by atoms with Crippen molar-refractivity contribution in [2.45, 2.75) is 31.7 Å². The molecule has 0 heterocycles. The van der Waals surface area contributed by atoms with Crippen molar-refractivity contribution in [2.24, 2.45) is 5.92 Å². The SMILES string of the molecule is CNC(=O)[C@@H]1CCCC[C@H]1NCOC. The van der Waals surface area contributed by atoms with Gasteiger partial charge in [-0.15, -0.1) is 0 Å². The molecule has 2 N–H and O–H groups in total. The van der Waals surface area contributed by atoms with E-state index in [1.807, 2.05) is 0 Å². The lowest BCUT2D eigenvalue weighted by atomic mass is 9.84. The van der Waals surface area contributed by atoms with Crippen LogP contribution < -0.4 is 10.6 Å². The summed E-state index contributed by atoms with van der Waals surface area (Å²) in [6.07, 6.45) is 4.42. The summed E-state index contributed by atoms with van der Waals surface area (Å²) in [5.41, 5.74) is 0. The van der Waals surface area contributed by atoms with Gasteiger partial charge in [0.2, 0.25) is 5.91 Å². The van der Waals surface area contributed by atoms with Crippen molar-refractivity contribution in [3.8, 4) is 0 Å². The second-order valence-electron chi connectivity index (χ2n) is 3.75. The van der Waals surface area contributed by atoms with Crippen LogP contribution in [0.1, 0.15) is 25.7 Å². The predicted molar refractivity (Wildman–Crippen MR) is 54.8 cm³/mol. The first kappa shape index (κ1) is 11.5. The minimum absolute atomic E-state index is 0.115. The fraction of sp³-hybridized carbons (Fsp3) is 0.900. The van der Waals surface area contributed by atoms with Crippen LogP contribution in [0.2, 0.25) is 0 Å². The first-order valence-electron chi connectivity index (χ1n) is 5.23. The highest BCUT2D eigenvalue weighted by atomic mass is 16.5. The van der Waals surface area contributed by atoms with Crippen molar-refractivity contribution in [1.29, 1.82) is 0 Å². The van der Waals surface area contributed by atoms with Gasteiger partial charge in [0.25, 0.3) is 0 Å². The normalized spacial score (nSPS) is 27.3. The number of hydrogen-bond donors (Lipinski definition) is 2. The molecule has 0 bridgehead atoms. The highest BCUT2D eigenvalue weighted by Crippen LogP contribution is 2.24. The van der Waals surface area contributed by atoms with Crippen molar-refractivity contribution < 1.29 is 9.53 Å². The summed E-state index contributed by atoms with van der Waals surface area (Å²) in [5, 5.41) is 5.97. The molecule has 0 radical (unpaired) electrons. The minimum atomic E-state index is 0.115. The molecule has 0 aromatic rings. The lowest BCUT2D eigenvalue weighted by molar-refractivity contribution is -0.126. The number of carbonyl (C=O) groups is 1. The summed E-state index contributed by atoms with van der Waals surface area (Å²) in [7, 11) is 3.36. The standard InChI is InChI=1S/C10H20N2O2/c1-11-10(13)8-5-3-4-6-9(8)12-7-14-2/h8-9,12H,3-7H2,1-2H3,(H,11,13)/t8-,9-/m1/s1. The molecule has 0 spiro atoms. The molecule has 0 saturated heterocycles. The molecule has 0 aromatic carbocycles. The van der Waals surface area contributed by atoms with Gasteiger partial charge in [-0.2, -0.15) is 0 Å². The smallest absolute Gasteiger partial charge is 0.224 e. The third-order valence-corrected chi connectivity index (χ3v) is 2.84. The summed E-state index contributed by atoms with van der Waals surface area (Å²) in [4.78, 5) is 11.5. The van der Waals surface area contributed by atoms with Crippen LogP contribution in [-0.2, 0) is 9.53 Å². The molecular weight excluding hydrogens is 180 g/mol. The van der Waals surface area contributed by atoms with Crippen molar-refractivity contribution in [3.05, 3.63) is 0 Å². The number of rotatable bonds is 4. The number of ether oxygens (including phenoxy) is 1. The molecule has 1 aliphatic carbocycles. The molecule has 82 valence electrons. The van der Waals surface area contributed by atoms with E-state index < -0.39 is 0 Å². The molecule has 1 amide bonds. The summed E-state index contributed by atoms with van der Waals surface area (Å²) in [5.74, 6) is 0.266. The highest BCUT2D eigenvalue weighted by Gasteiger charge is 2.29. The lowest BCUT2D eigenvalue weighted by Crippen LogP contribution is -2.46. The molecular formula is C10H20N2O2. The van der Waals surface area contributed by atoms with E-state index in [-0.39, 0.29) is 17.9 Å². The van der Waals surface area contributed by atoms with Crippen LogP contribution in [0, 0.1) is 5.92 Å². The van der Waals surface area contributed by atoms with Gasteiger partial charge in [-0.1, -0.05) is 12.8 Å². The maximum Gasteiger partial charge on any atom is 0.224 e. The van der Waals surface area contributed by atoms with Gasteiger partial charge >= 0.3 is 0 Å². The zero-order valence-electron chi connectivity index (χ0n) is 9.01. The quantitative estimate of drug-likeness (QED) is 0.649. The number of nitrogens with one attached hydrogen (secondary N) is 2. The Bertz CT molecular complexity index is 185. The van der Waals surface area contributed by atoms with Crippen LogP contribution in [0.4, 0.5) is 0 Å². The fourth-order valence-corrected chi connectivity index (χ4v) is 2.06. The maximum atomic E-state index is 11.5. The van der Waals surface area contributed by atoms with Crippen LogP contribution in [0.25, 0.3) is 0 Å². The van der Waals surface area contributed by atoms with E-state index >= 15 is 0 Å². The molecule has 1 fully saturated rings. The number of amides is 1. The van der Waals surface area contributed by atoms with E-state index in [2.05, 4.69) is 10.6 Å². The Hall–Kier alpha value is -0.610. The van der Waals surface area contributed by atoms with E-state index in [0.717, 1.165) is 19.3 Å². The van der Waals surface area contributed by atoms with Gasteiger partial charge in [-0.05, 0) is 12.8 Å². The molecule has 2 atom stereocenters. The first-order valence-corrected chi connectivity index (χ1v) is 5.23. The zero-order valence-corrected chi connectivity index (χ0v) is 9.01. The fourth-order valence-electron chi connectivity index (χ4n) is 2.06. The Morgan fingerprint density at radius 2 is 2.14 bits per heavy atom. The average Bonchev–Trinajstić information content (AvgIpc) is 2.25. The molecule has 4 nitrogen and oxygen atoms in total. The number of methoxy groups -OCH3 is 1. The Labute approximate surface area is 85.4 Å². The second kappa shape index (κ2) is 5.98.